The standard InChI is InChI=1S/C8H9ClN4OS/c1-4-7(9)5(2)13(12-4)8-11-10-6(3-14)15-8/h14H,3H2,1-2H3. The Morgan fingerprint density at radius 1 is 1.40 bits per heavy atom. The van der Waals surface area contributed by atoms with Gasteiger partial charge in [0, 0.05) is 0 Å². The van der Waals surface area contributed by atoms with Crippen LogP contribution in [0.15, 0.2) is 0 Å². The summed E-state index contributed by atoms with van der Waals surface area (Å²) in [5.41, 5.74) is 1.59. The Kier molecular flexibility index (Phi) is 2.72. The molecule has 2 aromatic rings. The Bertz CT molecular complexity index is 493. The Hall–Kier alpha value is -0.980. The summed E-state index contributed by atoms with van der Waals surface area (Å²) in [5.74, 6) is 0. The van der Waals surface area contributed by atoms with Gasteiger partial charge in [0.1, 0.15) is 5.01 Å². The molecule has 0 saturated heterocycles. The maximum absolute atomic E-state index is 8.88. The van der Waals surface area contributed by atoms with Gasteiger partial charge in [-0.1, -0.05) is 22.9 Å². The van der Waals surface area contributed by atoms with Gasteiger partial charge in [-0.2, -0.15) is 5.10 Å². The molecule has 0 aliphatic rings. The van der Waals surface area contributed by atoms with E-state index < -0.39 is 0 Å². The summed E-state index contributed by atoms with van der Waals surface area (Å²) in [4.78, 5) is 0. The zero-order valence-corrected chi connectivity index (χ0v) is 9.80. The lowest BCUT2D eigenvalue weighted by Crippen LogP contribution is -1.98. The van der Waals surface area contributed by atoms with Crippen LogP contribution in [0.4, 0.5) is 0 Å². The second-order valence-electron chi connectivity index (χ2n) is 3.03. The van der Waals surface area contributed by atoms with Gasteiger partial charge in [-0.3, -0.25) is 0 Å². The van der Waals surface area contributed by atoms with E-state index in [0.717, 1.165) is 11.4 Å². The normalized spacial score (nSPS) is 10.9. The van der Waals surface area contributed by atoms with Crippen molar-refractivity contribution in [2.45, 2.75) is 20.5 Å². The van der Waals surface area contributed by atoms with Crippen molar-refractivity contribution in [2.75, 3.05) is 0 Å². The van der Waals surface area contributed by atoms with Crippen LogP contribution in [0.2, 0.25) is 5.02 Å². The Morgan fingerprint density at radius 2 is 2.13 bits per heavy atom. The van der Waals surface area contributed by atoms with Gasteiger partial charge in [-0.05, 0) is 13.8 Å². The molecule has 0 radical (unpaired) electrons. The first-order valence-corrected chi connectivity index (χ1v) is 5.48. The molecule has 0 saturated carbocycles. The molecular weight excluding hydrogens is 236 g/mol. The molecule has 0 unspecified atom stereocenters. The van der Waals surface area contributed by atoms with Gasteiger partial charge in [0.25, 0.3) is 0 Å². The number of hydrogen-bond acceptors (Lipinski definition) is 5. The van der Waals surface area contributed by atoms with Crippen LogP contribution in [0.25, 0.3) is 5.13 Å². The van der Waals surface area contributed by atoms with E-state index in [1.807, 2.05) is 13.8 Å². The quantitative estimate of drug-likeness (QED) is 0.869. The van der Waals surface area contributed by atoms with E-state index in [1.165, 1.54) is 11.3 Å². The van der Waals surface area contributed by atoms with Crippen molar-refractivity contribution in [3.05, 3.63) is 21.4 Å². The first-order valence-electron chi connectivity index (χ1n) is 4.29. The molecule has 2 heterocycles. The Balaban J connectivity index is 2.49. The molecule has 5 nitrogen and oxygen atoms in total. The van der Waals surface area contributed by atoms with Crippen molar-refractivity contribution in [2.24, 2.45) is 0 Å². The van der Waals surface area contributed by atoms with Gasteiger partial charge in [-0.25, -0.2) is 4.68 Å². The van der Waals surface area contributed by atoms with Gasteiger partial charge < -0.3 is 5.11 Å². The number of hydrogen-bond donors (Lipinski definition) is 1. The van der Waals surface area contributed by atoms with E-state index in [2.05, 4.69) is 15.3 Å². The van der Waals surface area contributed by atoms with Crippen LogP contribution in [-0.2, 0) is 6.61 Å². The van der Waals surface area contributed by atoms with Crippen LogP contribution < -0.4 is 0 Å². The van der Waals surface area contributed by atoms with E-state index in [4.69, 9.17) is 16.7 Å². The van der Waals surface area contributed by atoms with Crippen molar-refractivity contribution < 1.29 is 5.11 Å². The Labute approximate surface area is 95.3 Å². The molecule has 0 amide bonds. The number of aromatic nitrogens is 4. The maximum Gasteiger partial charge on any atom is 0.233 e. The highest BCUT2D eigenvalue weighted by Crippen LogP contribution is 2.23. The highest BCUT2D eigenvalue weighted by molar-refractivity contribution is 7.13. The van der Waals surface area contributed by atoms with E-state index in [0.29, 0.717) is 15.2 Å². The molecule has 0 spiro atoms. The topological polar surface area (TPSA) is 63.8 Å². The average molecular weight is 245 g/mol. The first kappa shape index (κ1) is 10.5. The predicted octanol–water partition coefficient (Wildman–Crippen LogP) is 1.49. The zero-order valence-electron chi connectivity index (χ0n) is 8.23. The van der Waals surface area contributed by atoms with E-state index >= 15 is 0 Å². The van der Waals surface area contributed by atoms with E-state index in [9.17, 15) is 0 Å². The molecule has 15 heavy (non-hydrogen) atoms. The lowest BCUT2D eigenvalue weighted by molar-refractivity contribution is 0.280. The minimum atomic E-state index is -0.106. The molecule has 0 bridgehead atoms. The lowest BCUT2D eigenvalue weighted by Gasteiger charge is -1.96. The van der Waals surface area contributed by atoms with Crippen LogP contribution in [-0.4, -0.2) is 25.1 Å². The van der Waals surface area contributed by atoms with Crippen LogP contribution >= 0.6 is 22.9 Å². The number of aliphatic hydroxyl groups is 1. The monoisotopic (exact) mass is 244 g/mol. The predicted molar refractivity (Wildman–Crippen MR) is 57.4 cm³/mol. The lowest BCUT2D eigenvalue weighted by atomic mass is 10.4. The van der Waals surface area contributed by atoms with Crippen LogP contribution in [0.3, 0.4) is 0 Å². The van der Waals surface area contributed by atoms with Gasteiger partial charge in [0.05, 0.1) is 23.0 Å². The molecule has 0 atom stereocenters. The molecule has 1 N–H and O–H groups in total. The summed E-state index contributed by atoms with van der Waals surface area (Å²) in [6, 6.07) is 0. The SMILES string of the molecule is Cc1nn(-c2nnc(CO)s2)c(C)c1Cl. The summed E-state index contributed by atoms with van der Waals surface area (Å²) in [5, 5.41) is 22.7. The summed E-state index contributed by atoms with van der Waals surface area (Å²) in [6.07, 6.45) is 0. The fourth-order valence-corrected chi connectivity index (χ4v) is 2.02. The second-order valence-corrected chi connectivity index (χ2v) is 4.45. The van der Waals surface area contributed by atoms with Crippen molar-refractivity contribution >= 4 is 22.9 Å². The Morgan fingerprint density at radius 3 is 2.60 bits per heavy atom. The van der Waals surface area contributed by atoms with E-state index in [1.54, 1.807) is 4.68 Å². The molecule has 0 aliphatic carbocycles. The van der Waals surface area contributed by atoms with Crippen LogP contribution in [0.1, 0.15) is 16.4 Å². The molecule has 2 aromatic heterocycles. The van der Waals surface area contributed by atoms with E-state index in [-0.39, 0.29) is 6.61 Å². The third-order valence-corrected chi connectivity index (χ3v) is 3.41. The third kappa shape index (κ3) is 1.75. The largest absolute Gasteiger partial charge is 0.389 e. The molecular formula is C8H9ClN4OS. The smallest absolute Gasteiger partial charge is 0.233 e. The second kappa shape index (κ2) is 3.88. The van der Waals surface area contributed by atoms with Gasteiger partial charge >= 0.3 is 0 Å². The molecule has 80 valence electrons. The van der Waals surface area contributed by atoms with Gasteiger partial charge in [0.15, 0.2) is 0 Å². The first-order chi connectivity index (χ1) is 7.13. The fourth-order valence-electron chi connectivity index (χ4n) is 1.20. The molecule has 0 aliphatic heterocycles. The van der Waals surface area contributed by atoms with Crippen LogP contribution in [0.5, 0.6) is 0 Å². The molecule has 2 rings (SSSR count). The summed E-state index contributed by atoms with van der Waals surface area (Å²) >= 11 is 7.30. The zero-order chi connectivity index (χ0) is 11.0. The van der Waals surface area contributed by atoms with Crippen molar-refractivity contribution in [1.82, 2.24) is 20.0 Å². The number of nitrogens with zero attached hydrogens (tertiary/aromatic N) is 4. The maximum atomic E-state index is 8.88. The third-order valence-electron chi connectivity index (χ3n) is 1.98. The molecule has 7 heteroatoms. The molecule has 0 fully saturated rings. The molecule has 0 aromatic carbocycles. The fraction of sp³-hybridized carbons (Fsp3) is 0.375. The number of rotatable bonds is 2. The summed E-state index contributed by atoms with van der Waals surface area (Å²) in [6.45, 7) is 3.59. The van der Waals surface area contributed by atoms with Gasteiger partial charge in [-0.15, -0.1) is 10.2 Å². The average Bonchev–Trinajstić information content (AvgIpc) is 2.79. The van der Waals surface area contributed by atoms with Crippen molar-refractivity contribution in [3.63, 3.8) is 0 Å². The van der Waals surface area contributed by atoms with Crippen molar-refractivity contribution in [1.29, 1.82) is 0 Å². The van der Waals surface area contributed by atoms with Crippen molar-refractivity contribution in [3.8, 4) is 5.13 Å². The number of aryl methyl sites for hydroxylation is 1. The summed E-state index contributed by atoms with van der Waals surface area (Å²) < 4.78 is 1.63. The highest BCUT2D eigenvalue weighted by atomic mass is 35.5. The number of aliphatic hydroxyl groups excluding tert-OH is 1. The van der Waals surface area contributed by atoms with Crippen LogP contribution in [0, 0.1) is 13.8 Å². The minimum Gasteiger partial charge on any atom is -0.389 e. The number of halogens is 1. The van der Waals surface area contributed by atoms with Gasteiger partial charge in [0.2, 0.25) is 5.13 Å². The summed E-state index contributed by atoms with van der Waals surface area (Å²) in [7, 11) is 0. The highest BCUT2D eigenvalue weighted by Gasteiger charge is 2.13. The minimum absolute atomic E-state index is 0.106.